The zero-order valence-corrected chi connectivity index (χ0v) is 4.88. The molecule has 0 aromatic carbocycles. The van der Waals surface area contributed by atoms with E-state index in [1.54, 1.807) is 0 Å². The van der Waals surface area contributed by atoms with E-state index in [0.717, 1.165) is 6.92 Å². The van der Waals surface area contributed by atoms with Crippen molar-refractivity contribution in [3.05, 3.63) is 0 Å². The van der Waals surface area contributed by atoms with Crippen LogP contribution in [0, 0.1) is 0 Å². The second-order valence-electron chi connectivity index (χ2n) is 0.844. The number of carbonyl (C=O) groups excluding carboxylic acids is 2. The Labute approximate surface area is 56.3 Å². The third kappa shape index (κ3) is 9.07. The van der Waals surface area contributed by atoms with Gasteiger partial charge in [0.1, 0.15) is 0 Å². The second-order valence-corrected chi connectivity index (χ2v) is 0.844. The van der Waals surface area contributed by atoms with Gasteiger partial charge >= 0.3 is 17.1 Å². The average Bonchev–Trinajstić information content (AvgIpc) is 1.27. The zero-order valence-electron chi connectivity index (χ0n) is 3.93. The van der Waals surface area contributed by atoms with Crippen LogP contribution >= 0.6 is 0 Å². The number of carbonyl (C=O) groups is 2. The van der Waals surface area contributed by atoms with Crippen LogP contribution in [0.4, 0.5) is 4.79 Å². The summed E-state index contributed by atoms with van der Waals surface area (Å²) in [5.74, 6) is -0.875. The van der Waals surface area contributed by atoms with Crippen molar-refractivity contribution in [1.82, 2.24) is 0 Å². The van der Waals surface area contributed by atoms with Crippen LogP contribution in [0.25, 0.3) is 0 Å². The van der Waals surface area contributed by atoms with Crippen molar-refractivity contribution < 1.29 is 36.5 Å². The Morgan fingerprint density at radius 1 is 1.50 bits per heavy atom. The van der Waals surface area contributed by atoms with E-state index in [2.05, 4.69) is 4.74 Å². The monoisotopic (exact) mass is 166 g/mol. The van der Waals surface area contributed by atoms with Crippen LogP contribution in [0.1, 0.15) is 6.92 Å². The smallest absolute Gasteiger partial charge is 0.484 e. The first kappa shape index (κ1) is 10.4. The molecule has 5 heteroatoms. The predicted molar refractivity (Wildman–Crippen MR) is 17.2 cm³/mol. The van der Waals surface area contributed by atoms with Crippen molar-refractivity contribution in [3.8, 4) is 0 Å². The van der Waals surface area contributed by atoms with Gasteiger partial charge in [0.25, 0.3) is 6.16 Å². The Hall–Kier alpha value is -0.541. The molecule has 0 fully saturated rings. The van der Waals surface area contributed by atoms with Gasteiger partial charge in [-0.05, 0) is 0 Å². The van der Waals surface area contributed by atoms with Gasteiger partial charge in [-0.3, -0.25) is 4.79 Å². The maximum absolute atomic E-state index is 9.61. The summed E-state index contributed by atoms with van der Waals surface area (Å²) in [7, 11) is 0. The van der Waals surface area contributed by atoms with Crippen LogP contribution in [-0.4, -0.2) is 12.1 Å². The van der Waals surface area contributed by atoms with E-state index in [4.69, 9.17) is 0 Å². The van der Waals surface area contributed by atoms with E-state index in [1.807, 2.05) is 0 Å². The van der Waals surface area contributed by atoms with Crippen LogP contribution < -0.4 is 5.11 Å². The van der Waals surface area contributed by atoms with Crippen molar-refractivity contribution in [3.63, 3.8) is 0 Å². The topological polar surface area (TPSA) is 66.4 Å². The SMILES string of the molecule is CC(=O)OC(=O)[O-].[Cu+]. The van der Waals surface area contributed by atoms with E-state index in [0.29, 0.717) is 0 Å². The molecule has 0 unspecified atom stereocenters. The Morgan fingerprint density at radius 2 is 1.88 bits per heavy atom. The summed E-state index contributed by atoms with van der Waals surface area (Å²) < 4.78 is 3.42. The maximum atomic E-state index is 9.61. The molecule has 50 valence electrons. The molecule has 0 saturated heterocycles. The Balaban J connectivity index is 0. The third-order valence-electron chi connectivity index (χ3n) is 0.227. The first-order chi connectivity index (χ1) is 3.13. The number of hydrogen-bond donors (Lipinski definition) is 0. The fourth-order valence-corrected chi connectivity index (χ4v) is 0.117. The summed E-state index contributed by atoms with van der Waals surface area (Å²) in [6.45, 7) is 0.982. The van der Waals surface area contributed by atoms with Crippen LogP contribution in [0.15, 0.2) is 0 Å². The van der Waals surface area contributed by atoms with Gasteiger partial charge in [0.15, 0.2) is 0 Å². The Bertz CT molecular complexity index is 87.5. The Morgan fingerprint density at radius 3 is 1.88 bits per heavy atom. The standard InChI is InChI=1S/C3H4O4.Cu/c1-2(4)7-3(5)6;/h1H3,(H,5,6);/q;+1/p-1. The van der Waals surface area contributed by atoms with Gasteiger partial charge in [0.2, 0.25) is 5.97 Å². The van der Waals surface area contributed by atoms with Gasteiger partial charge in [-0.1, -0.05) is 0 Å². The maximum Gasteiger partial charge on any atom is 1.00 e. The number of rotatable bonds is 0. The summed E-state index contributed by atoms with van der Waals surface area (Å²) in [6.07, 6.45) is -1.81. The van der Waals surface area contributed by atoms with E-state index >= 15 is 0 Å². The normalized spacial score (nSPS) is 6.62. The molecule has 0 aromatic rings. The van der Waals surface area contributed by atoms with Crippen LogP contribution in [0.5, 0.6) is 0 Å². The number of carboxylic acid groups (broad SMARTS) is 1. The number of hydrogen-bond acceptors (Lipinski definition) is 4. The molecule has 0 aliphatic heterocycles. The molecule has 0 atom stereocenters. The first-order valence-corrected chi connectivity index (χ1v) is 1.52. The van der Waals surface area contributed by atoms with Gasteiger partial charge in [0, 0.05) is 6.92 Å². The minimum Gasteiger partial charge on any atom is -0.484 e. The van der Waals surface area contributed by atoms with Crippen molar-refractivity contribution >= 4 is 12.1 Å². The fraction of sp³-hybridized carbons (Fsp3) is 0.333. The molecule has 8 heavy (non-hydrogen) atoms. The zero-order chi connectivity index (χ0) is 5.86. The summed E-state index contributed by atoms with van der Waals surface area (Å²) in [6, 6.07) is 0. The van der Waals surface area contributed by atoms with E-state index < -0.39 is 12.1 Å². The quantitative estimate of drug-likeness (QED) is 0.260. The average molecular weight is 167 g/mol. The molecule has 4 nitrogen and oxygen atoms in total. The van der Waals surface area contributed by atoms with Gasteiger partial charge in [0.05, 0.1) is 0 Å². The van der Waals surface area contributed by atoms with Crippen molar-refractivity contribution in [2.24, 2.45) is 0 Å². The Kier molecular flexibility index (Phi) is 6.02. The third-order valence-corrected chi connectivity index (χ3v) is 0.227. The molecule has 0 spiro atoms. The molecule has 0 aliphatic carbocycles. The summed E-state index contributed by atoms with van der Waals surface area (Å²) >= 11 is 0. The van der Waals surface area contributed by atoms with Crippen LogP contribution in [0.2, 0.25) is 0 Å². The molecule has 0 radical (unpaired) electrons. The van der Waals surface area contributed by atoms with E-state index in [1.165, 1.54) is 0 Å². The van der Waals surface area contributed by atoms with Gasteiger partial charge in [-0.15, -0.1) is 0 Å². The van der Waals surface area contributed by atoms with Gasteiger partial charge in [-0.2, -0.15) is 0 Å². The molecule has 0 heterocycles. The van der Waals surface area contributed by atoms with Crippen LogP contribution in [0.3, 0.4) is 0 Å². The van der Waals surface area contributed by atoms with Crippen LogP contribution in [-0.2, 0) is 26.6 Å². The molecule has 0 saturated carbocycles. The first-order valence-electron chi connectivity index (χ1n) is 1.52. The van der Waals surface area contributed by atoms with E-state index in [-0.39, 0.29) is 17.1 Å². The molecular formula is C3H3CuO4. The summed E-state index contributed by atoms with van der Waals surface area (Å²) in [5.41, 5.74) is 0. The van der Waals surface area contributed by atoms with E-state index in [9.17, 15) is 14.7 Å². The number of ether oxygens (including phenoxy) is 1. The summed E-state index contributed by atoms with van der Waals surface area (Å²) in [5, 5.41) is 9.26. The molecular weight excluding hydrogens is 164 g/mol. The molecule has 0 N–H and O–H groups in total. The number of esters is 1. The minimum atomic E-state index is -1.81. The van der Waals surface area contributed by atoms with Crippen molar-refractivity contribution in [2.75, 3.05) is 0 Å². The molecule has 0 rings (SSSR count). The largest absolute Gasteiger partial charge is 1.00 e. The minimum absolute atomic E-state index is 0. The van der Waals surface area contributed by atoms with Gasteiger partial charge in [-0.25, -0.2) is 0 Å². The van der Waals surface area contributed by atoms with Crippen molar-refractivity contribution in [2.45, 2.75) is 6.92 Å². The van der Waals surface area contributed by atoms with Gasteiger partial charge < -0.3 is 14.6 Å². The second kappa shape index (κ2) is 4.61. The fourth-order valence-electron chi connectivity index (χ4n) is 0.117. The molecule has 0 bridgehead atoms. The molecule has 0 aliphatic rings. The molecule has 0 amide bonds. The van der Waals surface area contributed by atoms with Crippen molar-refractivity contribution in [1.29, 1.82) is 0 Å². The predicted octanol–water partition coefficient (Wildman–Crippen LogP) is -1.11. The summed E-state index contributed by atoms with van der Waals surface area (Å²) in [4.78, 5) is 18.9. The molecule has 0 aromatic heterocycles.